The Morgan fingerprint density at radius 2 is 1.56 bits per heavy atom. The van der Waals surface area contributed by atoms with Crippen LogP contribution in [-0.4, -0.2) is 35.2 Å². The van der Waals surface area contributed by atoms with Crippen LogP contribution in [0.15, 0.2) is 36.4 Å². The third kappa shape index (κ3) is 10.1. The van der Waals surface area contributed by atoms with Crippen LogP contribution >= 0.6 is 0 Å². The van der Waals surface area contributed by atoms with Crippen LogP contribution in [-0.2, 0) is 36.8 Å². The number of benzene rings is 1. The highest BCUT2D eigenvalue weighted by Crippen LogP contribution is 2.10. The van der Waals surface area contributed by atoms with Gasteiger partial charge < -0.3 is 9.84 Å². The molecule has 6 heteroatoms. The fourth-order valence-corrected chi connectivity index (χ4v) is 2.35. The molecule has 0 aliphatic rings. The number of carbonyl (C=O) groups excluding carboxylic acids is 3. The summed E-state index contributed by atoms with van der Waals surface area (Å²) in [5.74, 6) is -1.41. The predicted molar refractivity (Wildman–Crippen MR) is 100 cm³/mol. The summed E-state index contributed by atoms with van der Waals surface area (Å²) >= 11 is 0. The summed E-state index contributed by atoms with van der Waals surface area (Å²) in [6.07, 6.45) is 1.93. The van der Waals surface area contributed by atoms with Crippen LogP contribution in [0.1, 0.15) is 50.2 Å². The van der Waals surface area contributed by atoms with Gasteiger partial charge in [-0.25, -0.2) is 4.79 Å². The van der Waals surface area contributed by atoms with Crippen LogP contribution in [0, 0.1) is 0 Å². The second kappa shape index (κ2) is 11.8. The first-order valence-corrected chi connectivity index (χ1v) is 8.93. The van der Waals surface area contributed by atoms with Crippen molar-refractivity contribution in [3.05, 3.63) is 47.5 Å². The molecule has 0 heterocycles. The van der Waals surface area contributed by atoms with E-state index >= 15 is 0 Å². The van der Waals surface area contributed by atoms with Gasteiger partial charge in [0.1, 0.15) is 11.6 Å². The van der Waals surface area contributed by atoms with Gasteiger partial charge in [-0.3, -0.25) is 14.4 Å². The summed E-state index contributed by atoms with van der Waals surface area (Å²) in [5.41, 5.74) is 2.20. The SMILES string of the molecule is C=C(C)C(=O)OCCCC(=O)Cc1ccc(CCC(=O)CCC(=O)O)cc1. The lowest BCUT2D eigenvalue weighted by Gasteiger charge is -2.05. The Kier molecular flexibility index (Phi) is 9.72. The van der Waals surface area contributed by atoms with Gasteiger partial charge >= 0.3 is 11.9 Å². The van der Waals surface area contributed by atoms with Gasteiger partial charge in [0.05, 0.1) is 13.0 Å². The van der Waals surface area contributed by atoms with Crippen LogP contribution in [0.5, 0.6) is 0 Å². The Balaban J connectivity index is 2.29. The van der Waals surface area contributed by atoms with E-state index in [4.69, 9.17) is 9.84 Å². The zero-order valence-electron chi connectivity index (χ0n) is 15.7. The Labute approximate surface area is 159 Å². The average Bonchev–Trinajstić information content (AvgIpc) is 2.62. The molecular weight excluding hydrogens is 348 g/mol. The number of ether oxygens (including phenoxy) is 1. The molecule has 1 rings (SSSR count). The number of carboxylic acid groups (broad SMARTS) is 1. The van der Waals surface area contributed by atoms with Crippen molar-refractivity contribution in [3.8, 4) is 0 Å². The minimum Gasteiger partial charge on any atom is -0.481 e. The molecule has 0 saturated carbocycles. The second-order valence-electron chi connectivity index (χ2n) is 6.48. The lowest BCUT2D eigenvalue weighted by molar-refractivity contribution is -0.139. The van der Waals surface area contributed by atoms with Gasteiger partial charge in [0.15, 0.2) is 0 Å². The number of ketones is 2. The topological polar surface area (TPSA) is 97.7 Å². The number of carboxylic acids is 1. The largest absolute Gasteiger partial charge is 0.481 e. The molecule has 0 saturated heterocycles. The lowest BCUT2D eigenvalue weighted by atomic mass is 10.0. The van der Waals surface area contributed by atoms with Crippen LogP contribution in [0.4, 0.5) is 0 Å². The third-order valence-electron chi connectivity index (χ3n) is 3.92. The third-order valence-corrected chi connectivity index (χ3v) is 3.92. The second-order valence-corrected chi connectivity index (χ2v) is 6.48. The molecule has 27 heavy (non-hydrogen) atoms. The monoisotopic (exact) mass is 374 g/mol. The van der Waals surface area contributed by atoms with E-state index in [0.717, 1.165) is 11.1 Å². The van der Waals surface area contributed by atoms with E-state index in [1.54, 1.807) is 6.92 Å². The fourth-order valence-electron chi connectivity index (χ4n) is 2.35. The summed E-state index contributed by atoms with van der Waals surface area (Å²) in [6, 6.07) is 7.47. The molecular formula is C21H26O6. The Morgan fingerprint density at radius 3 is 2.15 bits per heavy atom. The molecule has 0 radical (unpaired) electrons. The van der Waals surface area contributed by atoms with E-state index in [2.05, 4.69) is 6.58 Å². The number of rotatable bonds is 13. The maximum Gasteiger partial charge on any atom is 0.333 e. The molecule has 1 aromatic carbocycles. The molecule has 146 valence electrons. The number of carbonyl (C=O) groups is 4. The molecule has 0 aromatic heterocycles. The number of aliphatic carboxylic acids is 1. The van der Waals surface area contributed by atoms with Gasteiger partial charge in [-0.05, 0) is 30.9 Å². The summed E-state index contributed by atoms with van der Waals surface area (Å²) in [7, 11) is 0. The van der Waals surface area contributed by atoms with E-state index in [1.165, 1.54) is 0 Å². The first-order chi connectivity index (χ1) is 12.8. The maximum absolute atomic E-state index is 12.0. The van der Waals surface area contributed by atoms with Gasteiger partial charge in [0.2, 0.25) is 0 Å². The molecule has 0 atom stereocenters. The van der Waals surface area contributed by atoms with Crippen molar-refractivity contribution in [3.63, 3.8) is 0 Å². The highest BCUT2D eigenvalue weighted by atomic mass is 16.5. The van der Waals surface area contributed by atoms with Gasteiger partial charge in [0, 0.05) is 31.3 Å². The van der Waals surface area contributed by atoms with Crippen molar-refractivity contribution < 1.29 is 29.0 Å². The molecule has 0 fully saturated rings. The van der Waals surface area contributed by atoms with Crippen molar-refractivity contribution in [2.45, 2.75) is 51.9 Å². The zero-order chi connectivity index (χ0) is 20.2. The first kappa shape index (κ1) is 22.3. The Morgan fingerprint density at radius 1 is 0.926 bits per heavy atom. The highest BCUT2D eigenvalue weighted by molar-refractivity contribution is 5.87. The van der Waals surface area contributed by atoms with E-state index in [0.29, 0.717) is 37.7 Å². The molecule has 6 nitrogen and oxygen atoms in total. The molecule has 0 bridgehead atoms. The Bertz CT molecular complexity index is 687. The Hall–Kier alpha value is -2.76. The van der Waals surface area contributed by atoms with Gasteiger partial charge in [-0.2, -0.15) is 0 Å². The number of Topliss-reactive ketones (excluding diaryl/α,β-unsaturated/α-hetero) is 2. The quantitative estimate of drug-likeness (QED) is 0.324. The zero-order valence-corrected chi connectivity index (χ0v) is 15.7. The molecule has 0 aliphatic carbocycles. The molecule has 0 aliphatic heterocycles. The van der Waals surface area contributed by atoms with Gasteiger partial charge in [-0.15, -0.1) is 0 Å². The highest BCUT2D eigenvalue weighted by Gasteiger charge is 2.08. The van der Waals surface area contributed by atoms with Crippen molar-refractivity contribution in [2.75, 3.05) is 6.61 Å². The van der Waals surface area contributed by atoms with Crippen molar-refractivity contribution in [1.82, 2.24) is 0 Å². The minimum atomic E-state index is -0.966. The van der Waals surface area contributed by atoms with Crippen molar-refractivity contribution in [1.29, 1.82) is 0 Å². The number of hydrogen-bond acceptors (Lipinski definition) is 5. The smallest absolute Gasteiger partial charge is 0.333 e. The lowest BCUT2D eigenvalue weighted by Crippen LogP contribution is -2.09. The van der Waals surface area contributed by atoms with E-state index in [-0.39, 0.29) is 31.0 Å². The standard InChI is InChI=1S/C21H26O6/c1-15(2)21(26)27-13-3-4-19(23)14-17-7-5-16(6-8-17)9-10-18(22)11-12-20(24)25/h5-8H,1,3-4,9-14H2,2H3,(H,24,25). The normalized spacial score (nSPS) is 10.3. The van der Waals surface area contributed by atoms with Crippen LogP contribution in [0.3, 0.4) is 0 Å². The number of hydrogen-bond donors (Lipinski definition) is 1. The van der Waals surface area contributed by atoms with Gasteiger partial charge in [0.25, 0.3) is 0 Å². The summed E-state index contributed by atoms with van der Waals surface area (Å²) < 4.78 is 4.95. The van der Waals surface area contributed by atoms with Crippen molar-refractivity contribution in [2.24, 2.45) is 0 Å². The maximum atomic E-state index is 12.0. The van der Waals surface area contributed by atoms with Crippen LogP contribution in [0.2, 0.25) is 0 Å². The molecule has 0 amide bonds. The summed E-state index contributed by atoms with van der Waals surface area (Å²) in [6.45, 7) is 5.26. The number of aryl methyl sites for hydroxylation is 1. The summed E-state index contributed by atoms with van der Waals surface area (Å²) in [5, 5.41) is 8.56. The van der Waals surface area contributed by atoms with E-state index in [9.17, 15) is 19.2 Å². The van der Waals surface area contributed by atoms with E-state index in [1.807, 2.05) is 24.3 Å². The molecule has 0 spiro atoms. The van der Waals surface area contributed by atoms with Crippen molar-refractivity contribution >= 4 is 23.5 Å². The minimum absolute atomic E-state index is 0.0591. The molecule has 1 N–H and O–H groups in total. The van der Waals surface area contributed by atoms with Gasteiger partial charge in [-0.1, -0.05) is 30.8 Å². The van der Waals surface area contributed by atoms with E-state index < -0.39 is 11.9 Å². The molecule has 1 aromatic rings. The van der Waals surface area contributed by atoms with Crippen LogP contribution < -0.4 is 0 Å². The van der Waals surface area contributed by atoms with Crippen LogP contribution in [0.25, 0.3) is 0 Å². The fraction of sp³-hybridized carbons (Fsp3) is 0.429. The molecule has 0 unspecified atom stereocenters. The summed E-state index contributed by atoms with van der Waals surface area (Å²) in [4.78, 5) is 45.2. The number of esters is 1. The average molecular weight is 374 g/mol. The first-order valence-electron chi connectivity index (χ1n) is 8.93. The predicted octanol–water partition coefficient (Wildman–Crippen LogP) is 3.06.